The predicted molar refractivity (Wildman–Crippen MR) is 47.8 cm³/mol. The molecule has 0 saturated carbocycles. The van der Waals surface area contributed by atoms with E-state index in [-0.39, 0.29) is 50.9 Å². The van der Waals surface area contributed by atoms with Crippen LogP contribution in [0.15, 0.2) is 0 Å². The Hall–Kier alpha value is -0.747. The van der Waals surface area contributed by atoms with E-state index in [2.05, 4.69) is 0 Å². The summed E-state index contributed by atoms with van der Waals surface area (Å²) in [5, 5.41) is 27.8. The largest absolute Gasteiger partial charge is 4.00 e. The molecule has 0 aromatic rings. The van der Waals surface area contributed by atoms with Crippen LogP contribution in [0.25, 0.3) is 0 Å². The fourth-order valence-corrected chi connectivity index (χ4v) is 0. The maximum Gasteiger partial charge on any atom is 4.00 e. The maximum atomic E-state index is 9.26. The maximum absolute atomic E-state index is 9.26. The van der Waals surface area contributed by atoms with Gasteiger partial charge in [0.15, 0.2) is 0 Å². The van der Waals surface area contributed by atoms with E-state index < -0.39 is 17.9 Å². The van der Waals surface area contributed by atoms with Gasteiger partial charge in [0.1, 0.15) is 0 Å². The van der Waals surface area contributed by atoms with Gasteiger partial charge in [-0.3, -0.25) is 0 Å². The summed E-state index contributed by atoms with van der Waals surface area (Å²) in [5.41, 5.74) is 0. The molecule has 0 bridgehead atoms. The Balaban J connectivity index is -0.0000000400. The zero-order valence-electron chi connectivity index (χ0n) is 10.0. The second-order valence-electron chi connectivity index (χ2n) is 2.18. The van der Waals surface area contributed by atoms with Gasteiger partial charge >= 0.3 is 26.2 Å². The first-order chi connectivity index (χ1) is 6.81. The molecule has 17 heavy (non-hydrogen) atoms. The third kappa shape index (κ3) is 97.1. The van der Waals surface area contributed by atoms with Crippen LogP contribution in [0.3, 0.4) is 0 Å². The van der Waals surface area contributed by atoms with E-state index >= 15 is 0 Å². The molecule has 98 valence electrons. The van der Waals surface area contributed by atoms with E-state index in [9.17, 15) is 29.7 Å². The number of aliphatic carboxylic acids is 3. The summed E-state index contributed by atoms with van der Waals surface area (Å²) in [6.07, 6.45) is 0.333. The molecule has 0 aliphatic heterocycles. The van der Waals surface area contributed by atoms with Gasteiger partial charge in [-0.15, -0.1) is 0 Å². The molecule has 0 fully saturated rings. The van der Waals surface area contributed by atoms with Crippen LogP contribution >= 0.6 is 0 Å². The molecule has 0 unspecified atom stereocenters. The molecule has 0 heterocycles. The predicted octanol–water partition coefficient (Wildman–Crippen LogP) is -2.74. The van der Waals surface area contributed by atoms with Gasteiger partial charge in [-0.2, -0.15) is 0 Å². The van der Waals surface area contributed by atoms with Crippen molar-refractivity contribution in [3.63, 3.8) is 0 Å². The Morgan fingerprint density at radius 3 is 0.765 bits per heavy atom. The molecule has 1 N–H and O–H groups in total. The molecule has 0 aromatic heterocycles. The molecule has 7 nitrogen and oxygen atoms in total. The average molecular weight is 327 g/mol. The smallest absolute Gasteiger partial charge is 0.870 e. The van der Waals surface area contributed by atoms with Crippen molar-refractivity contribution >= 4 is 17.9 Å². The van der Waals surface area contributed by atoms with Gasteiger partial charge in [-0.25, -0.2) is 0 Å². The Morgan fingerprint density at radius 2 is 0.765 bits per heavy atom. The number of carbonyl (C=O) groups is 3. The van der Waals surface area contributed by atoms with E-state index in [0.29, 0.717) is 0 Å². The van der Waals surface area contributed by atoms with Gasteiger partial charge in [-0.05, 0) is 19.3 Å². The minimum atomic E-state index is -0.995. The molecule has 0 saturated heterocycles. The summed E-state index contributed by atoms with van der Waals surface area (Å²) in [6, 6.07) is 0. The van der Waals surface area contributed by atoms with E-state index in [1.165, 1.54) is 20.8 Å². The minimum absolute atomic E-state index is 0. The summed E-state index contributed by atoms with van der Waals surface area (Å²) < 4.78 is 0. The van der Waals surface area contributed by atoms with Crippen molar-refractivity contribution in [3.8, 4) is 0 Å². The van der Waals surface area contributed by atoms with E-state index in [1.807, 2.05) is 0 Å². The standard InChI is InChI=1S/3C3H6O2.H2O.Zr/c3*1-2-3(4)5;;/h3*2H2,1H3,(H,4,5);1H2;/q;;;;+4/p-4. The summed E-state index contributed by atoms with van der Waals surface area (Å²) in [7, 11) is 0. The number of carboxylic acid groups (broad SMARTS) is 3. The van der Waals surface area contributed by atoms with E-state index in [0.717, 1.165) is 0 Å². The third-order valence-corrected chi connectivity index (χ3v) is 0.866. The molecule has 8 heteroatoms. The molecule has 0 radical (unpaired) electrons. The van der Waals surface area contributed by atoms with Crippen molar-refractivity contribution in [3.05, 3.63) is 0 Å². The number of hydrogen-bond acceptors (Lipinski definition) is 7. The summed E-state index contributed by atoms with van der Waals surface area (Å²) in [5.74, 6) is -2.99. The SMILES string of the molecule is CCC(=O)[O-].CCC(=O)[O-].CCC(=O)[O-].[OH-].[Zr+4]. The van der Waals surface area contributed by atoms with Crippen molar-refractivity contribution in [1.29, 1.82) is 0 Å². The van der Waals surface area contributed by atoms with Crippen molar-refractivity contribution < 1.29 is 61.4 Å². The summed E-state index contributed by atoms with van der Waals surface area (Å²) in [6.45, 7) is 4.61. The quantitative estimate of drug-likeness (QED) is 0.545. The van der Waals surface area contributed by atoms with Crippen LogP contribution in [-0.2, 0) is 40.6 Å². The van der Waals surface area contributed by atoms with Gasteiger partial charge in [0, 0.05) is 17.9 Å². The first-order valence-corrected chi connectivity index (χ1v) is 4.41. The number of carbonyl (C=O) groups excluding carboxylic acids is 3. The fourth-order valence-electron chi connectivity index (χ4n) is 0. The first kappa shape index (κ1) is 29.9. The van der Waals surface area contributed by atoms with Crippen molar-refractivity contribution in [2.45, 2.75) is 40.0 Å². The molecular weight excluding hydrogens is 311 g/mol. The van der Waals surface area contributed by atoms with Gasteiger partial charge < -0.3 is 35.2 Å². The first-order valence-electron chi connectivity index (χ1n) is 4.41. The topological polar surface area (TPSA) is 150 Å². The van der Waals surface area contributed by atoms with Gasteiger partial charge in [0.2, 0.25) is 0 Å². The fraction of sp³-hybridized carbons (Fsp3) is 0.667. The van der Waals surface area contributed by atoms with Crippen LogP contribution in [-0.4, -0.2) is 23.4 Å². The molecule has 0 rings (SSSR count). The molecule has 0 atom stereocenters. The van der Waals surface area contributed by atoms with Gasteiger partial charge in [0.05, 0.1) is 0 Å². The van der Waals surface area contributed by atoms with Crippen LogP contribution in [0.1, 0.15) is 40.0 Å². The Labute approximate surface area is 119 Å². The van der Waals surface area contributed by atoms with Crippen molar-refractivity contribution in [2.24, 2.45) is 0 Å². The third-order valence-electron chi connectivity index (χ3n) is 0.866. The monoisotopic (exact) mass is 326 g/mol. The molecule has 0 aromatic carbocycles. The molecule has 0 aliphatic rings. The van der Waals surface area contributed by atoms with Crippen LogP contribution in [0.5, 0.6) is 0 Å². The molecule has 0 spiro atoms. The Morgan fingerprint density at radius 1 is 0.706 bits per heavy atom. The second-order valence-corrected chi connectivity index (χ2v) is 2.18. The summed E-state index contributed by atoms with van der Waals surface area (Å²) in [4.78, 5) is 27.8. The Bertz CT molecular complexity index is 160. The number of rotatable bonds is 3. The Kier molecular flexibility index (Phi) is 43.0. The van der Waals surface area contributed by atoms with Crippen molar-refractivity contribution in [1.82, 2.24) is 0 Å². The van der Waals surface area contributed by atoms with Crippen molar-refractivity contribution in [2.75, 3.05) is 0 Å². The van der Waals surface area contributed by atoms with Crippen LogP contribution < -0.4 is 15.3 Å². The normalized spacial score (nSPS) is 6.53. The van der Waals surface area contributed by atoms with E-state index in [1.54, 1.807) is 0 Å². The van der Waals surface area contributed by atoms with Crippen LogP contribution in [0.4, 0.5) is 0 Å². The number of carboxylic acids is 3. The summed E-state index contributed by atoms with van der Waals surface area (Å²) >= 11 is 0. The molecule has 0 amide bonds. The van der Waals surface area contributed by atoms with Crippen LogP contribution in [0.2, 0.25) is 0 Å². The van der Waals surface area contributed by atoms with Gasteiger partial charge in [-0.1, -0.05) is 20.8 Å². The molecular formula is C9H16O7Zr. The number of hydrogen-bond donors (Lipinski definition) is 0. The van der Waals surface area contributed by atoms with Gasteiger partial charge in [0.25, 0.3) is 0 Å². The van der Waals surface area contributed by atoms with E-state index in [4.69, 9.17) is 0 Å². The average Bonchev–Trinajstić information content (AvgIpc) is 2.19. The zero-order valence-corrected chi connectivity index (χ0v) is 12.5. The molecule has 0 aliphatic carbocycles. The minimum Gasteiger partial charge on any atom is -0.870 e. The van der Waals surface area contributed by atoms with Crippen LogP contribution in [0, 0.1) is 0 Å². The zero-order chi connectivity index (χ0) is 12.9. The second kappa shape index (κ2) is 24.5.